The standard InChI is InChI=1S/C21H24F3N5O4/c1-9-3-11-5-14(33-15(11)6-25-9)16-10(2)27-20(26-8-21(22,23)24)29-19(16)28-13-4-12(7-30)17(31)18(13)32/h3,5-6,12-13,17-18,30-32H,4,7-8H2,1-2H3,(H2,26,27,28,29)/t12-,13-,17-,18+/m1/s1. The summed E-state index contributed by atoms with van der Waals surface area (Å²) in [4.78, 5) is 12.6. The Hall–Kier alpha value is -2.96. The van der Waals surface area contributed by atoms with E-state index < -0.39 is 36.9 Å². The molecule has 4 atom stereocenters. The molecule has 0 aromatic carbocycles. The van der Waals surface area contributed by atoms with Gasteiger partial charge in [0, 0.05) is 23.6 Å². The number of furan rings is 1. The number of rotatable bonds is 6. The van der Waals surface area contributed by atoms with E-state index in [9.17, 15) is 28.5 Å². The van der Waals surface area contributed by atoms with Crippen molar-refractivity contribution in [3.63, 3.8) is 0 Å². The van der Waals surface area contributed by atoms with E-state index in [0.29, 0.717) is 22.6 Å². The zero-order valence-corrected chi connectivity index (χ0v) is 17.9. The molecular formula is C21H24F3N5O4. The molecule has 12 heteroatoms. The molecule has 3 aromatic heterocycles. The van der Waals surface area contributed by atoms with Crippen molar-refractivity contribution in [1.29, 1.82) is 0 Å². The van der Waals surface area contributed by atoms with Crippen molar-refractivity contribution in [2.24, 2.45) is 5.92 Å². The van der Waals surface area contributed by atoms with Crippen LogP contribution in [0, 0.1) is 19.8 Å². The number of nitrogens with zero attached hydrogens (tertiary/aromatic N) is 3. The molecule has 1 aliphatic carbocycles. The zero-order valence-electron chi connectivity index (χ0n) is 17.9. The Labute approximate surface area is 186 Å². The number of halogens is 3. The summed E-state index contributed by atoms with van der Waals surface area (Å²) < 4.78 is 44.0. The highest BCUT2D eigenvalue weighted by molar-refractivity contribution is 5.86. The van der Waals surface area contributed by atoms with Gasteiger partial charge in [0.05, 0.1) is 29.6 Å². The Kier molecular flexibility index (Phi) is 6.16. The van der Waals surface area contributed by atoms with E-state index in [1.807, 2.05) is 13.0 Å². The normalized spacial score (nSPS) is 23.3. The van der Waals surface area contributed by atoms with Crippen LogP contribution >= 0.6 is 0 Å². The van der Waals surface area contributed by atoms with Gasteiger partial charge in [-0.05, 0) is 32.4 Å². The van der Waals surface area contributed by atoms with Gasteiger partial charge in [0.2, 0.25) is 5.95 Å². The number of nitrogens with one attached hydrogen (secondary N) is 2. The van der Waals surface area contributed by atoms with Crippen LogP contribution < -0.4 is 10.6 Å². The maximum Gasteiger partial charge on any atom is 0.405 e. The molecule has 0 spiro atoms. The number of aromatic nitrogens is 3. The number of fused-ring (bicyclic) bond motifs is 1. The quantitative estimate of drug-likeness (QED) is 0.370. The van der Waals surface area contributed by atoms with Crippen LogP contribution in [0.2, 0.25) is 0 Å². The van der Waals surface area contributed by atoms with E-state index in [2.05, 4.69) is 25.6 Å². The zero-order chi connectivity index (χ0) is 23.9. The number of aliphatic hydroxyl groups excluding tert-OH is 3. The number of anilines is 2. The van der Waals surface area contributed by atoms with Crippen LogP contribution in [0.15, 0.2) is 22.7 Å². The third-order valence-electron chi connectivity index (χ3n) is 5.68. The van der Waals surface area contributed by atoms with Crippen molar-refractivity contribution in [2.75, 3.05) is 23.8 Å². The van der Waals surface area contributed by atoms with Crippen LogP contribution in [0.3, 0.4) is 0 Å². The Bertz CT molecular complexity index is 1150. The molecule has 178 valence electrons. The van der Waals surface area contributed by atoms with Gasteiger partial charge in [0.15, 0.2) is 5.58 Å². The van der Waals surface area contributed by atoms with Gasteiger partial charge in [-0.2, -0.15) is 18.2 Å². The van der Waals surface area contributed by atoms with Gasteiger partial charge in [0.1, 0.15) is 24.2 Å². The fraction of sp³-hybridized carbons (Fsp3) is 0.476. The van der Waals surface area contributed by atoms with Crippen LogP contribution in [-0.4, -0.2) is 67.8 Å². The molecule has 0 amide bonds. The van der Waals surface area contributed by atoms with Gasteiger partial charge in [-0.15, -0.1) is 0 Å². The molecular weight excluding hydrogens is 443 g/mol. The summed E-state index contributed by atoms with van der Waals surface area (Å²) >= 11 is 0. The highest BCUT2D eigenvalue weighted by Gasteiger charge is 2.41. The molecule has 0 aliphatic heterocycles. The summed E-state index contributed by atoms with van der Waals surface area (Å²) in [5.74, 6) is -0.305. The first-order valence-electron chi connectivity index (χ1n) is 10.3. The first-order chi connectivity index (χ1) is 15.6. The summed E-state index contributed by atoms with van der Waals surface area (Å²) in [7, 11) is 0. The van der Waals surface area contributed by atoms with Gasteiger partial charge in [0.25, 0.3) is 0 Å². The molecule has 4 rings (SSSR count). The second-order valence-corrected chi connectivity index (χ2v) is 8.21. The van der Waals surface area contributed by atoms with E-state index >= 15 is 0 Å². The molecule has 5 N–H and O–H groups in total. The fourth-order valence-corrected chi connectivity index (χ4v) is 4.03. The highest BCUT2D eigenvalue weighted by atomic mass is 19.4. The number of hydrogen-bond donors (Lipinski definition) is 5. The lowest BCUT2D eigenvalue weighted by Gasteiger charge is -2.21. The molecule has 1 fully saturated rings. The van der Waals surface area contributed by atoms with E-state index in [4.69, 9.17) is 4.42 Å². The highest BCUT2D eigenvalue weighted by Crippen LogP contribution is 2.37. The minimum atomic E-state index is -4.47. The Morgan fingerprint density at radius 2 is 1.91 bits per heavy atom. The van der Waals surface area contributed by atoms with Crippen LogP contribution in [-0.2, 0) is 0 Å². The van der Waals surface area contributed by atoms with Crippen molar-refractivity contribution in [3.8, 4) is 11.3 Å². The van der Waals surface area contributed by atoms with Gasteiger partial charge in [-0.1, -0.05) is 0 Å². The maximum absolute atomic E-state index is 12.7. The topological polar surface area (TPSA) is 137 Å². The minimum Gasteiger partial charge on any atom is -0.454 e. The Balaban J connectivity index is 1.75. The lowest BCUT2D eigenvalue weighted by Crippen LogP contribution is -2.36. The Morgan fingerprint density at radius 1 is 1.15 bits per heavy atom. The molecule has 33 heavy (non-hydrogen) atoms. The van der Waals surface area contributed by atoms with Crippen molar-refractivity contribution >= 4 is 22.7 Å². The summed E-state index contributed by atoms with van der Waals surface area (Å²) in [5, 5.41) is 36.0. The molecule has 0 radical (unpaired) electrons. The summed E-state index contributed by atoms with van der Waals surface area (Å²) in [6.07, 6.45) is -5.02. The monoisotopic (exact) mass is 467 g/mol. The van der Waals surface area contributed by atoms with Gasteiger partial charge >= 0.3 is 6.18 Å². The second-order valence-electron chi connectivity index (χ2n) is 8.21. The van der Waals surface area contributed by atoms with Crippen LogP contribution in [0.5, 0.6) is 0 Å². The van der Waals surface area contributed by atoms with Gasteiger partial charge in [-0.25, -0.2) is 4.98 Å². The van der Waals surface area contributed by atoms with E-state index in [-0.39, 0.29) is 24.8 Å². The van der Waals surface area contributed by atoms with Crippen molar-refractivity contribution < 1.29 is 32.9 Å². The van der Waals surface area contributed by atoms with Crippen molar-refractivity contribution in [2.45, 2.75) is 44.7 Å². The van der Waals surface area contributed by atoms with Gasteiger partial charge < -0.3 is 30.4 Å². The average molecular weight is 467 g/mol. The van der Waals surface area contributed by atoms with Crippen LogP contribution in [0.4, 0.5) is 24.9 Å². The molecule has 0 bridgehead atoms. The molecule has 9 nitrogen and oxygen atoms in total. The SMILES string of the molecule is Cc1cc2cc(-c3c(C)nc(NCC(F)(F)F)nc3N[C@@H]3C[C@H](CO)[C@@H](O)[C@H]3O)oc2cn1. The lowest BCUT2D eigenvalue weighted by molar-refractivity contribution is -0.115. The van der Waals surface area contributed by atoms with Gasteiger partial charge in [-0.3, -0.25) is 4.98 Å². The molecule has 0 saturated heterocycles. The van der Waals surface area contributed by atoms with E-state index in [0.717, 1.165) is 11.1 Å². The predicted octanol–water partition coefficient (Wildman–Crippen LogP) is 2.39. The Morgan fingerprint density at radius 3 is 2.58 bits per heavy atom. The fourth-order valence-electron chi connectivity index (χ4n) is 4.03. The summed E-state index contributed by atoms with van der Waals surface area (Å²) in [6.45, 7) is 1.80. The third kappa shape index (κ3) is 4.87. The smallest absolute Gasteiger partial charge is 0.405 e. The van der Waals surface area contributed by atoms with Crippen molar-refractivity contribution in [3.05, 3.63) is 29.7 Å². The maximum atomic E-state index is 12.7. The third-order valence-corrected chi connectivity index (χ3v) is 5.68. The van der Waals surface area contributed by atoms with E-state index in [1.165, 1.54) is 0 Å². The molecule has 1 aliphatic rings. The summed E-state index contributed by atoms with van der Waals surface area (Å²) in [5.41, 5.74) is 2.03. The van der Waals surface area contributed by atoms with Crippen molar-refractivity contribution in [1.82, 2.24) is 15.0 Å². The average Bonchev–Trinajstić information content (AvgIpc) is 3.26. The van der Waals surface area contributed by atoms with Crippen LogP contribution in [0.1, 0.15) is 17.8 Å². The molecule has 1 saturated carbocycles. The predicted molar refractivity (Wildman–Crippen MR) is 114 cm³/mol. The second kappa shape index (κ2) is 8.76. The molecule has 0 unspecified atom stereocenters. The largest absolute Gasteiger partial charge is 0.454 e. The number of aryl methyl sites for hydroxylation is 2. The lowest BCUT2D eigenvalue weighted by atomic mass is 10.1. The molecule has 3 heterocycles. The number of alkyl halides is 3. The first kappa shape index (κ1) is 23.2. The number of aliphatic hydroxyl groups is 3. The molecule has 3 aromatic rings. The number of hydrogen-bond acceptors (Lipinski definition) is 9. The first-order valence-corrected chi connectivity index (χ1v) is 10.3. The number of pyridine rings is 1. The minimum absolute atomic E-state index is 0.130. The summed E-state index contributed by atoms with van der Waals surface area (Å²) in [6, 6.07) is 2.88. The van der Waals surface area contributed by atoms with E-state index in [1.54, 1.807) is 19.2 Å². The van der Waals surface area contributed by atoms with Crippen LogP contribution in [0.25, 0.3) is 22.3 Å².